The van der Waals surface area contributed by atoms with E-state index >= 15 is 0 Å². The first-order valence-corrected chi connectivity index (χ1v) is 12.7. The Morgan fingerprint density at radius 2 is 2.03 bits per heavy atom. The van der Waals surface area contributed by atoms with Crippen LogP contribution >= 0.6 is 0 Å². The Hall–Kier alpha value is -4.15. The van der Waals surface area contributed by atoms with Crippen LogP contribution in [-0.4, -0.2) is 79.9 Å². The molecule has 0 aliphatic heterocycles. The molecule has 2 heterocycles. The highest BCUT2D eigenvalue weighted by atomic mass is 16.5. The highest BCUT2D eigenvalue weighted by molar-refractivity contribution is 6.02. The van der Waals surface area contributed by atoms with Crippen molar-refractivity contribution in [2.45, 2.75) is 12.5 Å². The van der Waals surface area contributed by atoms with Gasteiger partial charge in [0.1, 0.15) is 5.75 Å². The van der Waals surface area contributed by atoms with Gasteiger partial charge in [0, 0.05) is 70.4 Å². The Bertz CT molecular complexity index is 1380. The lowest BCUT2D eigenvalue weighted by molar-refractivity contribution is -0.111. The maximum atomic E-state index is 12.3. The summed E-state index contributed by atoms with van der Waals surface area (Å²) >= 11 is 0. The van der Waals surface area contributed by atoms with Gasteiger partial charge in [-0.15, -0.1) is 0 Å². The van der Waals surface area contributed by atoms with Crippen LogP contribution < -0.4 is 20.3 Å². The van der Waals surface area contributed by atoms with Crippen molar-refractivity contribution in [1.29, 1.82) is 0 Å². The average molecular weight is 532 g/mol. The molecule has 3 aromatic rings. The van der Waals surface area contributed by atoms with Crippen LogP contribution in [0.2, 0.25) is 0 Å². The third kappa shape index (κ3) is 6.30. The zero-order chi connectivity index (χ0) is 28.1. The van der Waals surface area contributed by atoms with Gasteiger partial charge in [0.15, 0.2) is 0 Å². The number of aryl methyl sites for hydroxylation is 1. The SMILES string of the molecule is C=CC(=O)Nc1cc(Nc2nccc(-c3cn(C)c4c3CC(OC)C=C4)n2)c(OC)cc1N(C)CCN(C)C. The number of methoxy groups -OCH3 is 2. The quantitative estimate of drug-likeness (QED) is 0.359. The summed E-state index contributed by atoms with van der Waals surface area (Å²) in [6.45, 7) is 5.19. The van der Waals surface area contributed by atoms with E-state index in [0.717, 1.165) is 42.1 Å². The van der Waals surface area contributed by atoms with Crippen molar-refractivity contribution in [3.05, 3.63) is 60.6 Å². The predicted octanol–water partition coefficient (Wildman–Crippen LogP) is 3.94. The molecule has 4 rings (SSSR count). The fourth-order valence-electron chi connectivity index (χ4n) is 4.57. The number of carbonyl (C=O) groups is 1. The number of hydrogen-bond donors (Lipinski definition) is 2. The number of amides is 1. The number of fused-ring (bicyclic) bond motifs is 1. The van der Waals surface area contributed by atoms with E-state index in [1.54, 1.807) is 20.4 Å². The number of rotatable bonds is 11. The Labute approximate surface area is 230 Å². The summed E-state index contributed by atoms with van der Waals surface area (Å²) in [6.07, 6.45) is 10.0. The van der Waals surface area contributed by atoms with Gasteiger partial charge in [-0.2, -0.15) is 0 Å². The van der Waals surface area contributed by atoms with Crippen molar-refractivity contribution in [1.82, 2.24) is 19.4 Å². The fraction of sp³-hybridized carbons (Fsp3) is 0.345. The number of hydrogen-bond acceptors (Lipinski definition) is 8. The van der Waals surface area contributed by atoms with E-state index in [9.17, 15) is 4.79 Å². The van der Waals surface area contributed by atoms with E-state index in [-0.39, 0.29) is 12.0 Å². The van der Waals surface area contributed by atoms with Crippen molar-refractivity contribution in [2.75, 3.05) is 64.0 Å². The summed E-state index contributed by atoms with van der Waals surface area (Å²) in [5.74, 6) is 0.703. The largest absolute Gasteiger partial charge is 0.494 e. The van der Waals surface area contributed by atoms with Crippen LogP contribution in [0, 0.1) is 0 Å². The van der Waals surface area contributed by atoms with Crippen molar-refractivity contribution in [3.63, 3.8) is 0 Å². The molecule has 39 heavy (non-hydrogen) atoms. The first kappa shape index (κ1) is 27.9. The van der Waals surface area contributed by atoms with E-state index in [4.69, 9.17) is 14.5 Å². The smallest absolute Gasteiger partial charge is 0.247 e. The Balaban J connectivity index is 1.69. The normalized spacial score (nSPS) is 14.2. The Morgan fingerprint density at radius 1 is 1.23 bits per heavy atom. The predicted molar refractivity (Wildman–Crippen MR) is 157 cm³/mol. The van der Waals surface area contributed by atoms with Gasteiger partial charge in [0.2, 0.25) is 11.9 Å². The molecule has 0 fully saturated rings. The van der Waals surface area contributed by atoms with Crippen molar-refractivity contribution >= 4 is 35.0 Å². The van der Waals surface area contributed by atoms with Crippen LogP contribution in [0.1, 0.15) is 11.3 Å². The van der Waals surface area contributed by atoms with Gasteiger partial charge in [0.25, 0.3) is 0 Å². The first-order valence-electron chi connectivity index (χ1n) is 12.7. The van der Waals surface area contributed by atoms with Gasteiger partial charge < -0.3 is 34.5 Å². The van der Waals surface area contributed by atoms with Gasteiger partial charge in [-0.1, -0.05) is 12.7 Å². The van der Waals surface area contributed by atoms with Crippen LogP contribution in [-0.2, 0) is 23.0 Å². The molecule has 1 aliphatic carbocycles. The number of likely N-dealkylation sites (N-methyl/N-ethyl adjacent to an activating group) is 2. The van der Waals surface area contributed by atoms with Gasteiger partial charge in [-0.3, -0.25) is 4.79 Å². The lowest BCUT2D eigenvalue weighted by Crippen LogP contribution is -2.29. The van der Waals surface area contributed by atoms with Gasteiger partial charge >= 0.3 is 0 Å². The third-order valence-corrected chi connectivity index (χ3v) is 6.75. The number of anilines is 4. The number of nitrogens with one attached hydrogen (secondary N) is 2. The molecular weight excluding hydrogens is 494 g/mol. The van der Waals surface area contributed by atoms with E-state index < -0.39 is 0 Å². The lowest BCUT2D eigenvalue weighted by Gasteiger charge is -2.26. The molecule has 2 aromatic heterocycles. The average Bonchev–Trinajstić information content (AvgIpc) is 3.27. The Morgan fingerprint density at radius 3 is 2.72 bits per heavy atom. The minimum Gasteiger partial charge on any atom is -0.494 e. The second-order valence-electron chi connectivity index (χ2n) is 9.73. The molecule has 206 valence electrons. The van der Waals surface area contributed by atoms with E-state index in [0.29, 0.717) is 23.1 Å². The molecule has 1 aliphatic rings. The van der Waals surface area contributed by atoms with Crippen LogP contribution in [0.25, 0.3) is 17.3 Å². The van der Waals surface area contributed by atoms with Gasteiger partial charge in [-0.05, 0) is 43.9 Å². The van der Waals surface area contributed by atoms with Crippen LogP contribution in [0.5, 0.6) is 5.75 Å². The summed E-state index contributed by atoms with van der Waals surface area (Å²) in [5.41, 5.74) is 6.23. The monoisotopic (exact) mass is 531 g/mol. The molecule has 10 nitrogen and oxygen atoms in total. The maximum absolute atomic E-state index is 12.3. The van der Waals surface area contributed by atoms with E-state index in [1.165, 1.54) is 11.6 Å². The number of carbonyl (C=O) groups excluding carboxylic acids is 1. The number of benzene rings is 1. The molecule has 1 unspecified atom stereocenters. The fourth-order valence-corrected chi connectivity index (χ4v) is 4.57. The maximum Gasteiger partial charge on any atom is 0.247 e. The molecule has 1 amide bonds. The zero-order valence-corrected chi connectivity index (χ0v) is 23.5. The Kier molecular flexibility index (Phi) is 8.68. The highest BCUT2D eigenvalue weighted by Crippen LogP contribution is 2.38. The molecular formula is C29H37N7O3. The molecule has 0 radical (unpaired) electrons. The molecule has 0 spiro atoms. The number of nitrogens with zero attached hydrogens (tertiary/aromatic N) is 5. The molecule has 2 N–H and O–H groups in total. The van der Waals surface area contributed by atoms with E-state index in [1.807, 2.05) is 46.4 Å². The number of aromatic nitrogens is 3. The summed E-state index contributed by atoms with van der Waals surface area (Å²) in [7, 11) is 11.4. The van der Waals surface area contributed by atoms with Crippen LogP contribution in [0.4, 0.5) is 23.0 Å². The summed E-state index contributed by atoms with van der Waals surface area (Å²) in [5, 5.41) is 6.21. The second kappa shape index (κ2) is 12.1. The molecule has 1 atom stereocenters. The highest BCUT2D eigenvalue weighted by Gasteiger charge is 2.22. The molecule has 0 saturated carbocycles. The third-order valence-electron chi connectivity index (χ3n) is 6.75. The first-order chi connectivity index (χ1) is 18.7. The van der Waals surface area contributed by atoms with Crippen LogP contribution in [0.15, 0.2) is 49.3 Å². The van der Waals surface area contributed by atoms with Gasteiger partial charge in [-0.25, -0.2) is 9.97 Å². The topological polar surface area (TPSA) is 96.8 Å². The summed E-state index contributed by atoms with van der Waals surface area (Å²) < 4.78 is 13.4. The molecule has 10 heteroatoms. The summed E-state index contributed by atoms with van der Waals surface area (Å²) in [4.78, 5) is 25.7. The van der Waals surface area contributed by atoms with E-state index in [2.05, 4.69) is 54.9 Å². The summed E-state index contributed by atoms with van der Waals surface area (Å²) in [6, 6.07) is 5.62. The van der Waals surface area contributed by atoms with Gasteiger partial charge in [0.05, 0.1) is 36.0 Å². The number of ether oxygens (including phenoxy) is 2. The van der Waals surface area contributed by atoms with Crippen molar-refractivity contribution in [3.8, 4) is 17.0 Å². The molecule has 0 saturated heterocycles. The van der Waals surface area contributed by atoms with Crippen LogP contribution in [0.3, 0.4) is 0 Å². The standard InChI is InChI=1S/C29H37N7O3/c1-8-28(37)31-23-16-24(27(39-7)17-26(23)35(4)14-13-34(2)3)33-29-30-12-11-22(32-29)21-18-36(5)25-10-9-19(38-6)15-20(21)25/h8-12,16-19H,1,13-15H2,2-7H3,(H,31,37)(H,30,32,33). The van der Waals surface area contributed by atoms with Crippen molar-refractivity contribution < 1.29 is 14.3 Å². The molecule has 1 aromatic carbocycles. The minimum absolute atomic E-state index is 0.0286. The second-order valence-corrected chi connectivity index (χ2v) is 9.73. The minimum atomic E-state index is -0.302. The van der Waals surface area contributed by atoms with Crippen molar-refractivity contribution in [2.24, 2.45) is 7.05 Å². The lowest BCUT2D eigenvalue weighted by atomic mass is 9.97. The zero-order valence-electron chi connectivity index (χ0n) is 23.5. The molecule has 0 bridgehead atoms.